The van der Waals surface area contributed by atoms with Gasteiger partial charge in [0.2, 0.25) is 0 Å². The monoisotopic (exact) mass is 258 g/mol. The summed E-state index contributed by atoms with van der Waals surface area (Å²) in [7, 11) is 0. The summed E-state index contributed by atoms with van der Waals surface area (Å²) >= 11 is 0. The van der Waals surface area contributed by atoms with Gasteiger partial charge in [0.15, 0.2) is 0 Å². The number of hydrogen-bond acceptors (Lipinski definition) is 2. The van der Waals surface area contributed by atoms with Crippen molar-refractivity contribution in [3.05, 3.63) is 35.4 Å². The van der Waals surface area contributed by atoms with Crippen molar-refractivity contribution in [3.63, 3.8) is 0 Å². The van der Waals surface area contributed by atoms with E-state index in [0.29, 0.717) is 6.04 Å². The van der Waals surface area contributed by atoms with E-state index in [1.807, 2.05) is 0 Å². The summed E-state index contributed by atoms with van der Waals surface area (Å²) in [6, 6.07) is 10.2. The van der Waals surface area contributed by atoms with Gasteiger partial charge in [-0.25, -0.2) is 0 Å². The number of hydrogen-bond donors (Lipinski definition) is 1. The molecule has 2 nitrogen and oxygen atoms in total. The van der Waals surface area contributed by atoms with Gasteiger partial charge in [-0.05, 0) is 56.2 Å². The zero-order valence-electron chi connectivity index (χ0n) is 12.0. The van der Waals surface area contributed by atoms with E-state index < -0.39 is 0 Å². The molecular weight excluding hydrogens is 232 g/mol. The first-order chi connectivity index (χ1) is 9.24. The maximum atomic E-state index is 6.14. The number of benzene rings is 1. The van der Waals surface area contributed by atoms with Gasteiger partial charge in [-0.15, -0.1) is 0 Å². The molecule has 2 aliphatic rings. The quantitative estimate of drug-likeness (QED) is 0.898. The third kappa shape index (κ3) is 3.18. The van der Waals surface area contributed by atoms with Crippen molar-refractivity contribution in [1.82, 2.24) is 4.90 Å². The van der Waals surface area contributed by atoms with E-state index in [2.05, 4.69) is 36.1 Å². The lowest BCUT2D eigenvalue weighted by Crippen LogP contribution is -2.48. The first-order valence-electron chi connectivity index (χ1n) is 7.82. The Hall–Kier alpha value is -0.860. The van der Waals surface area contributed by atoms with Gasteiger partial charge in [-0.1, -0.05) is 30.7 Å². The minimum Gasteiger partial charge on any atom is -0.327 e. The Labute approximate surface area is 117 Å². The fourth-order valence-electron chi connectivity index (χ4n) is 3.35. The number of piperidine rings is 1. The molecular formula is C17H26N2. The average Bonchev–Trinajstić information content (AvgIpc) is 3.24. The lowest BCUT2D eigenvalue weighted by atomic mass is 9.96. The van der Waals surface area contributed by atoms with Crippen molar-refractivity contribution in [2.24, 2.45) is 5.73 Å². The molecule has 2 unspecified atom stereocenters. The molecule has 104 valence electrons. The van der Waals surface area contributed by atoms with Gasteiger partial charge in [0, 0.05) is 18.6 Å². The number of rotatable bonds is 4. The molecule has 1 heterocycles. The summed E-state index contributed by atoms with van der Waals surface area (Å²) < 4.78 is 0. The molecule has 0 aromatic heterocycles. The van der Waals surface area contributed by atoms with Gasteiger partial charge in [0.25, 0.3) is 0 Å². The number of likely N-dealkylation sites (tertiary alicyclic amines) is 1. The molecule has 1 aromatic carbocycles. The molecule has 0 spiro atoms. The summed E-state index contributed by atoms with van der Waals surface area (Å²) in [5.41, 5.74) is 9.12. The van der Waals surface area contributed by atoms with E-state index in [1.54, 1.807) is 0 Å². The highest BCUT2D eigenvalue weighted by Gasteiger charge is 2.26. The van der Waals surface area contributed by atoms with E-state index in [9.17, 15) is 0 Å². The second-order valence-corrected chi connectivity index (χ2v) is 6.41. The van der Waals surface area contributed by atoms with Crippen molar-refractivity contribution < 1.29 is 0 Å². The maximum absolute atomic E-state index is 6.14. The molecule has 2 N–H and O–H groups in total. The average molecular weight is 258 g/mol. The zero-order chi connectivity index (χ0) is 13.2. The van der Waals surface area contributed by atoms with Crippen LogP contribution in [0.25, 0.3) is 0 Å². The number of nitrogens with zero attached hydrogens (tertiary/aromatic N) is 1. The van der Waals surface area contributed by atoms with Crippen LogP contribution in [0.2, 0.25) is 0 Å². The number of nitrogens with two attached hydrogens (primary N) is 1. The van der Waals surface area contributed by atoms with Gasteiger partial charge in [-0.3, -0.25) is 4.90 Å². The summed E-state index contributed by atoms with van der Waals surface area (Å²) in [6.07, 6.45) is 6.70. The Morgan fingerprint density at radius 2 is 1.89 bits per heavy atom. The summed E-state index contributed by atoms with van der Waals surface area (Å²) in [5, 5.41) is 0. The molecule has 0 bridgehead atoms. The normalized spacial score (nSPS) is 26.3. The molecule has 2 fully saturated rings. The molecule has 1 aromatic rings. The molecule has 3 rings (SSSR count). The Bertz CT molecular complexity index is 406. The summed E-state index contributed by atoms with van der Waals surface area (Å²) in [4.78, 5) is 2.58. The third-order valence-corrected chi connectivity index (χ3v) is 4.69. The zero-order valence-corrected chi connectivity index (χ0v) is 12.0. The van der Waals surface area contributed by atoms with Crippen molar-refractivity contribution in [2.75, 3.05) is 6.54 Å². The van der Waals surface area contributed by atoms with E-state index in [4.69, 9.17) is 5.73 Å². The standard InChI is InChI=1S/C17H26N2/c1-13(18)17-4-2-3-11-19(17)12-14-5-7-15(8-6-14)16-9-10-16/h5-8,13,16-17H,2-4,9-12,18H2,1H3. The van der Waals surface area contributed by atoms with Crippen LogP contribution in [-0.4, -0.2) is 23.5 Å². The van der Waals surface area contributed by atoms with Crippen LogP contribution in [0, 0.1) is 0 Å². The van der Waals surface area contributed by atoms with Crippen LogP contribution in [0.3, 0.4) is 0 Å². The highest BCUT2D eigenvalue weighted by molar-refractivity contribution is 5.28. The molecule has 2 atom stereocenters. The lowest BCUT2D eigenvalue weighted by molar-refractivity contribution is 0.123. The minimum atomic E-state index is 0.283. The first-order valence-corrected chi connectivity index (χ1v) is 7.82. The van der Waals surface area contributed by atoms with Crippen molar-refractivity contribution in [2.45, 2.75) is 63.6 Å². The largest absolute Gasteiger partial charge is 0.327 e. The van der Waals surface area contributed by atoms with Crippen LogP contribution in [0.5, 0.6) is 0 Å². The molecule has 1 saturated heterocycles. The van der Waals surface area contributed by atoms with Gasteiger partial charge >= 0.3 is 0 Å². The Morgan fingerprint density at radius 1 is 1.16 bits per heavy atom. The molecule has 0 radical (unpaired) electrons. The van der Waals surface area contributed by atoms with Crippen molar-refractivity contribution in [3.8, 4) is 0 Å². The van der Waals surface area contributed by atoms with E-state index >= 15 is 0 Å². The molecule has 0 amide bonds. The Kier molecular flexibility index (Phi) is 3.90. The summed E-state index contributed by atoms with van der Waals surface area (Å²) in [6.45, 7) is 4.42. The third-order valence-electron chi connectivity index (χ3n) is 4.69. The fraction of sp³-hybridized carbons (Fsp3) is 0.647. The van der Waals surface area contributed by atoms with Crippen molar-refractivity contribution in [1.29, 1.82) is 0 Å². The van der Waals surface area contributed by atoms with E-state index in [0.717, 1.165) is 12.5 Å². The maximum Gasteiger partial charge on any atom is 0.0248 e. The Balaban J connectivity index is 1.65. The molecule has 19 heavy (non-hydrogen) atoms. The minimum absolute atomic E-state index is 0.283. The van der Waals surface area contributed by atoms with E-state index in [-0.39, 0.29) is 6.04 Å². The lowest BCUT2D eigenvalue weighted by Gasteiger charge is -2.38. The highest BCUT2D eigenvalue weighted by atomic mass is 15.2. The van der Waals surface area contributed by atoms with Crippen LogP contribution in [0.1, 0.15) is 56.1 Å². The fourth-order valence-corrected chi connectivity index (χ4v) is 3.35. The SMILES string of the molecule is CC(N)C1CCCCN1Cc1ccc(C2CC2)cc1. The van der Waals surface area contributed by atoms with Crippen LogP contribution < -0.4 is 5.73 Å². The smallest absolute Gasteiger partial charge is 0.0248 e. The molecule has 1 aliphatic heterocycles. The summed E-state index contributed by atoms with van der Waals surface area (Å²) in [5.74, 6) is 0.862. The van der Waals surface area contributed by atoms with Crippen molar-refractivity contribution >= 4 is 0 Å². The molecule has 2 heteroatoms. The predicted octanol–water partition coefficient (Wildman–Crippen LogP) is 3.27. The topological polar surface area (TPSA) is 29.3 Å². The Morgan fingerprint density at radius 3 is 2.53 bits per heavy atom. The molecule has 1 aliphatic carbocycles. The van der Waals surface area contributed by atoms with E-state index in [1.165, 1.54) is 49.8 Å². The van der Waals surface area contributed by atoms with Crippen LogP contribution in [0.4, 0.5) is 0 Å². The van der Waals surface area contributed by atoms with Gasteiger partial charge < -0.3 is 5.73 Å². The predicted molar refractivity (Wildman–Crippen MR) is 80.1 cm³/mol. The second kappa shape index (κ2) is 5.64. The van der Waals surface area contributed by atoms with Crippen LogP contribution in [-0.2, 0) is 6.54 Å². The van der Waals surface area contributed by atoms with Gasteiger partial charge in [0.1, 0.15) is 0 Å². The van der Waals surface area contributed by atoms with Crippen LogP contribution in [0.15, 0.2) is 24.3 Å². The van der Waals surface area contributed by atoms with Gasteiger partial charge in [-0.2, -0.15) is 0 Å². The highest BCUT2D eigenvalue weighted by Crippen LogP contribution is 2.40. The first kappa shape index (κ1) is 13.1. The second-order valence-electron chi connectivity index (χ2n) is 6.41. The van der Waals surface area contributed by atoms with Crippen LogP contribution >= 0.6 is 0 Å². The molecule has 1 saturated carbocycles. The van der Waals surface area contributed by atoms with Gasteiger partial charge in [0.05, 0.1) is 0 Å².